The second-order valence-corrected chi connectivity index (χ2v) is 2.85. The van der Waals surface area contributed by atoms with Gasteiger partial charge in [-0.1, -0.05) is 6.92 Å². The van der Waals surface area contributed by atoms with Crippen LogP contribution in [0.3, 0.4) is 0 Å². The van der Waals surface area contributed by atoms with Gasteiger partial charge in [-0.3, -0.25) is 4.79 Å². The smallest absolute Gasteiger partial charge is 0.226 e. The van der Waals surface area contributed by atoms with Crippen molar-refractivity contribution in [2.45, 2.75) is 6.92 Å². The predicted molar refractivity (Wildman–Crippen MR) is 44.6 cm³/mol. The van der Waals surface area contributed by atoms with Gasteiger partial charge in [0.05, 0.1) is 6.61 Å². The molecule has 1 unspecified atom stereocenters. The van der Waals surface area contributed by atoms with Crippen molar-refractivity contribution < 1.29 is 9.90 Å². The molecule has 0 aliphatic rings. The van der Waals surface area contributed by atoms with Gasteiger partial charge < -0.3 is 10.0 Å². The molecular weight excluding hydrogens is 166 g/mol. The van der Waals surface area contributed by atoms with Crippen LogP contribution in [-0.2, 0) is 4.79 Å². The van der Waals surface area contributed by atoms with E-state index in [1.807, 2.05) is 0 Å². The van der Waals surface area contributed by atoms with Gasteiger partial charge in [0, 0.05) is 25.4 Å². The van der Waals surface area contributed by atoms with Crippen molar-refractivity contribution in [1.82, 2.24) is 4.90 Å². The van der Waals surface area contributed by atoms with Gasteiger partial charge in [0.25, 0.3) is 0 Å². The minimum Gasteiger partial charge on any atom is -0.395 e. The lowest BCUT2D eigenvalue weighted by molar-refractivity contribution is -0.133. The molecule has 0 aromatic carbocycles. The maximum atomic E-state index is 11.2. The first-order chi connectivity index (χ1) is 5.13. The van der Waals surface area contributed by atoms with E-state index < -0.39 is 0 Å². The lowest BCUT2D eigenvalue weighted by Crippen LogP contribution is -2.34. The number of carbonyl (C=O) groups excluding carboxylic acids is 1. The summed E-state index contributed by atoms with van der Waals surface area (Å²) in [5.74, 6) is 0.150. The van der Waals surface area contributed by atoms with Crippen molar-refractivity contribution in [3.63, 3.8) is 0 Å². The summed E-state index contributed by atoms with van der Waals surface area (Å²) in [6, 6.07) is 0. The highest BCUT2D eigenvalue weighted by molar-refractivity contribution is 6.19. The molecule has 0 fully saturated rings. The van der Waals surface area contributed by atoms with E-state index >= 15 is 0 Å². The molecule has 0 spiro atoms. The van der Waals surface area contributed by atoms with Gasteiger partial charge in [0.1, 0.15) is 0 Å². The lowest BCUT2D eigenvalue weighted by atomic mass is 10.2. The highest BCUT2D eigenvalue weighted by atomic mass is 35.5. The molecule has 0 aromatic heterocycles. The SMILES string of the molecule is CC(CCl)C(=O)N(C)CCO. The first-order valence-electron chi connectivity index (χ1n) is 3.55. The van der Waals surface area contributed by atoms with E-state index in [0.717, 1.165) is 0 Å². The Balaban J connectivity index is 3.81. The Hall–Kier alpha value is -0.280. The van der Waals surface area contributed by atoms with Crippen LogP contribution in [0.25, 0.3) is 0 Å². The highest BCUT2D eigenvalue weighted by Gasteiger charge is 2.15. The van der Waals surface area contributed by atoms with Crippen molar-refractivity contribution in [2.75, 3.05) is 26.1 Å². The third-order valence-electron chi connectivity index (χ3n) is 1.46. The molecular formula is C7H14ClNO2. The minimum atomic E-state index is -0.159. The molecule has 0 saturated carbocycles. The van der Waals surface area contributed by atoms with Gasteiger partial charge in [-0.2, -0.15) is 0 Å². The second-order valence-electron chi connectivity index (χ2n) is 2.54. The van der Waals surface area contributed by atoms with Crippen molar-refractivity contribution in [1.29, 1.82) is 0 Å². The summed E-state index contributed by atoms with van der Waals surface area (Å²) in [6.45, 7) is 2.14. The van der Waals surface area contributed by atoms with Crippen LogP contribution >= 0.6 is 11.6 Å². The highest BCUT2D eigenvalue weighted by Crippen LogP contribution is 2.02. The number of amides is 1. The van der Waals surface area contributed by atoms with E-state index in [0.29, 0.717) is 12.4 Å². The van der Waals surface area contributed by atoms with Crippen LogP contribution < -0.4 is 0 Å². The Morgan fingerprint density at radius 1 is 1.73 bits per heavy atom. The topological polar surface area (TPSA) is 40.5 Å². The molecule has 66 valence electrons. The van der Waals surface area contributed by atoms with Crippen molar-refractivity contribution in [2.24, 2.45) is 5.92 Å². The monoisotopic (exact) mass is 179 g/mol. The molecule has 0 saturated heterocycles. The van der Waals surface area contributed by atoms with Gasteiger partial charge in [0.15, 0.2) is 0 Å². The van der Waals surface area contributed by atoms with Crippen LogP contribution in [0.1, 0.15) is 6.92 Å². The van der Waals surface area contributed by atoms with Crippen molar-refractivity contribution in [3.05, 3.63) is 0 Å². The summed E-state index contributed by atoms with van der Waals surface area (Å²) >= 11 is 5.48. The average molecular weight is 180 g/mol. The summed E-state index contributed by atoms with van der Waals surface area (Å²) in [4.78, 5) is 12.7. The predicted octanol–water partition coefficient (Wildman–Crippen LogP) is 0.312. The number of nitrogens with zero attached hydrogens (tertiary/aromatic N) is 1. The normalized spacial score (nSPS) is 12.7. The summed E-state index contributed by atoms with van der Waals surface area (Å²) in [5, 5.41) is 8.51. The summed E-state index contributed by atoms with van der Waals surface area (Å²) in [6.07, 6.45) is 0. The Bertz CT molecular complexity index is 130. The molecule has 0 aliphatic carbocycles. The summed E-state index contributed by atoms with van der Waals surface area (Å²) < 4.78 is 0. The van der Waals surface area contributed by atoms with Crippen LogP contribution in [0.4, 0.5) is 0 Å². The zero-order valence-electron chi connectivity index (χ0n) is 6.88. The Labute approximate surface area is 71.9 Å². The van der Waals surface area contributed by atoms with Gasteiger partial charge in [-0.05, 0) is 0 Å². The number of rotatable bonds is 4. The summed E-state index contributed by atoms with van der Waals surface area (Å²) in [7, 11) is 1.65. The molecule has 11 heavy (non-hydrogen) atoms. The molecule has 4 heteroatoms. The number of likely N-dealkylation sites (N-methyl/N-ethyl adjacent to an activating group) is 1. The Morgan fingerprint density at radius 2 is 2.27 bits per heavy atom. The quantitative estimate of drug-likeness (QED) is 0.632. The fourth-order valence-corrected chi connectivity index (χ4v) is 0.834. The fourth-order valence-electron chi connectivity index (χ4n) is 0.702. The van der Waals surface area contributed by atoms with E-state index in [1.165, 1.54) is 4.90 Å². The number of aliphatic hydroxyl groups is 1. The molecule has 1 atom stereocenters. The molecule has 0 bridgehead atoms. The number of carbonyl (C=O) groups is 1. The van der Waals surface area contributed by atoms with Gasteiger partial charge in [-0.15, -0.1) is 11.6 Å². The van der Waals surface area contributed by atoms with E-state index in [4.69, 9.17) is 16.7 Å². The number of aliphatic hydroxyl groups excluding tert-OH is 1. The van der Waals surface area contributed by atoms with Crippen LogP contribution in [0.5, 0.6) is 0 Å². The van der Waals surface area contributed by atoms with Gasteiger partial charge >= 0.3 is 0 Å². The number of hydrogen-bond donors (Lipinski definition) is 1. The molecule has 1 amide bonds. The van der Waals surface area contributed by atoms with Crippen molar-refractivity contribution >= 4 is 17.5 Å². The van der Waals surface area contributed by atoms with Crippen LogP contribution in [0.2, 0.25) is 0 Å². The lowest BCUT2D eigenvalue weighted by Gasteiger charge is -2.18. The molecule has 0 aliphatic heterocycles. The minimum absolute atomic E-state index is 0.00273. The molecule has 0 radical (unpaired) electrons. The zero-order chi connectivity index (χ0) is 8.85. The number of hydrogen-bond acceptors (Lipinski definition) is 2. The molecule has 0 aromatic rings. The Kier molecular flexibility index (Phi) is 5.24. The average Bonchev–Trinajstić information content (AvgIpc) is 2.02. The third kappa shape index (κ3) is 3.58. The van der Waals surface area contributed by atoms with E-state index in [2.05, 4.69) is 0 Å². The zero-order valence-corrected chi connectivity index (χ0v) is 7.64. The molecule has 0 rings (SSSR count). The van der Waals surface area contributed by atoms with Crippen LogP contribution in [0.15, 0.2) is 0 Å². The van der Waals surface area contributed by atoms with Gasteiger partial charge in [0.2, 0.25) is 5.91 Å². The van der Waals surface area contributed by atoms with E-state index in [-0.39, 0.29) is 18.4 Å². The van der Waals surface area contributed by atoms with Crippen LogP contribution in [0, 0.1) is 5.92 Å². The fraction of sp³-hybridized carbons (Fsp3) is 0.857. The summed E-state index contributed by atoms with van der Waals surface area (Å²) in [5.41, 5.74) is 0. The molecule has 0 heterocycles. The standard InChI is InChI=1S/C7H14ClNO2/c1-6(5-8)7(11)9(2)3-4-10/h6,10H,3-5H2,1-2H3. The van der Waals surface area contributed by atoms with Crippen LogP contribution in [-0.4, -0.2) is 42.0 Å². The van der Waals surface area contributed by atoms with Gasteiger partial charge in [-0.25, -0.2) is 0 Å². The Morgan fingerprint density at radius 3 is 2.64 bits per heavy atom. The third-order valence-corrected chi connectivity index (χ3v) is 1.93. The number of halogens is 1. The maximum Gasteiger partial charge on any atom is 0.226 e. The van der Waals surface area contributed by atoms with Crippen molar-refractivity contribution in [3.8, 4) is 0 Å². The molecule has 1 N–H and O–H groups in total. The number of alkyl halides is 1. The van der Waals surface area contributed by atoms with E-state index in [1.54, 1.807) is 14.0 Å². The van der Waals surface area contributed by atoms with E-state index in [9.17, 15) is 4.79 Å². The maximum absolute atomic E-state index is 11.2. The molecule has 3 nitrogen and oxygen atoms in total. The first kappa shape index (κ1) is 10.7. The largest absolute Gasteiger partial charge is 0.395 e. The second kappa shape index (κ2) is 5.38. The first-order valence-corrected chi connectivity index (χ1v) is 4.08.